The Morgan fingerprint density at radius 1 is 1.00 bits per heavy atom. The van der Waals surface area contributed by atoms with Gasteiger partial charge >= 0.3 is 0 Å². The summed E-state index contributed by atoms with van der Waals surface area (Å²) in [6.07, 6.45) is 0. The molecule has 0 unspecified atom stereocenters. The molecule has 4 aromatic rings. The number of methoxy groups -OCH3 is 1. The Kier molecular flexibility index (Phi) is 5.57. The number of ether oxygens (including phenoxy) is 1. The predicted molar refractivity (Wildman–Crippen MR) is 109 cm³/mol. The molecule has 148 valence electrons. The van der Waals surface area contributed by atoms with Crippen molar-refractivity contribution < 1.29 is 9.15 Å². The standard InChI is InChI=1S/C20H20N6O2S/c1-13(2)14-4-8-16(9-5-14)26-20(23-24-25-26)29-12-18-21-22-19(28-18)15-6-10-17(27-3)11-7-15/h4-11,13H,12H2,1-3H3. The SMILES string of the molecule is COc1ccc(-c2nnc(CSc3nnnn3-c3ccc(C(C)C)cc3)o2)cc1. The Morgan fingerprint density at radius 2 is 1.76 bits per heavy atom. The van der Waals surface area contributed by atoms with Gasteiger partial charge < -0.3 is 9.15 Å². The molecule has 0 N–H and O–H groups in total. The smallest absolute Gasteiger partial charge is 0.247 e. The van der Waals surface area contributed by atoms with Gasteiger partial charge in [-0.1, -0.05) is 37.7 Å². The van der Waals surface area contributed by atoms with E-state index < -0.39 is 0 Å². The second-order valence-electron chi connectivity index (χ2n) is 6.64. The highest BCUT2D eigenvalue weighted by molar-refractivity contribution is 7.98. The Bertz CT molecular complexity index is 1070. The summed E-state index contributed by atoms with van der Waals surface area (Å²) >= 11 is 1.44. The minimum atomic E-state index is 0.465. The van der Waals surface area contributed by atoms with Crippen molar-refractivity contribution in [2.45, 2.75) is 30.7 Å². The fourth-order valence-electron chi connectivity index (χ4n) is 2.72. The van der Waals surface area contributed by atoms with Crippen LogP contribution in [0.4, 0.5) is 0 Å². The zero-order chi connectivity index (χ0) is 20.2. The van der Waals surface area contributed by atoms with E-state index in [1.165, 1.54) is 17.3 Å². The molecule has 0 aliphatic heterocycles. The molecule has 2 aromatic heterocycles. The highest BCUT2D eigenvalue weighted by atomic mass is 32.2. The fourth-order valence-corrected chi connectivity index (χ4v) is 3.45. The molecule has 0 saturated carbocycles. The van der Waals surface area contributed by atoms with Crippen LogP contribution in [0.1, 0.15) is 31.2 Å². The van der Waals surface area contributed by atoms with Crippen LogP contribution in [0.2, 0.25) is 0 Å². The fraction of sp³-hybridized carbons (Fsp3) is 0.250. The quantitative estimate of drug-likeness (QED) is 0.421. The van der Waals surface area contributed by atoms with Crippen LogP contribution in [-0.2, 0) is 5.75 Å². The van der Waals surface area contributed by atoms with E-state index in [2.05, 4.69) is 51.7 Å². The third-order valence-electron chi connectivity index (χ3n) is 4.37. The Balaban J connectivity index is 1.45. The Hall–Kier alpha value is -3.20. The maximum Gasteiger partial charge on any atom is 0.247 e. The molecule has 0 saturated heterocycles. The van der Waals surface area contributed by atoms with E-state index in [-0.39, 0.29) is 0 Å². The van der Waals surface area contributed by atoms with Gasteiger partial charge in [-0.25, -0.2) is 0 Å². The van der Waals surface area contributed by atoms with Crippen molar-refractivity contribution >= 4 is 11.8 Å². The highest BCUT2D eigenvalue weighted by Gasteiger charge is 2.13. The second-order valence-corrected chi connectivity index (χ2v) is 7.58. The van der Waals surface area contributed by atoms with Crippen molar-refractivity contribution in [3.05, 3.63) is 60.0 Å². The topological polar surface area (TPSA) is 91.8 Å². The predicted octanol–water partition coefficient (Wildman–Crippen LogP) is 4.14. The molecule has 0 aliphatic rings. The maximum atomic E-state index is 5.77. The van der Waals surface area contributed by atoms with Gasteiger partial charge in [-0.3, -0.25) is 0 Å². The van der Waals surface area contributed by atoms with E-state index in [9.17, 15) is 0 Å². The van der Waals surface area contributed by atoms with Crippen LogP contribution < -0.4 is 4.74 Å². The number of aromatic nitrogens is 6. The first-order valence-corrected chi connectivity index (χ1v) is 10.1. The van der Waals surface area contributed by atoms with Crippen molar-refractivity contribution in [3.8, 4) is 22.9 Å². The molecule has 0 radical (unpaired) electrons. The van der Waals surface area contributed by atoms with Crippen LogP contribution in [0, 0.1) is 0 Å². The summed E-state index contributed by atoms with van der Waals surface area (Å²) in [7, 11) is 1.63. The first kappa shape index (κ1) is 19.1. The zero-order valence-corrected chi connectivity index (χ0v) is 17.1. The van der Waals surface area contributed by atoms with Gasteiger partial charge in [-0.15, -0.1) is 15.3 Å². The molecule has 0 fully saturated rings. The first-order chi connectivity index (χ1) is 14.1. The van der Waals surface area contributed by atoms with E-state index in [4.69, 9.17) is 9.15 Å². The van der Waals surface area contributed by atoms with Crippen molar-refractivity contribution in [2.24, 2.45) is 0 Å². The minimum Gasteiger partial charge on any atom is -0.497 e. The highest BCUT2D eigenvalue weighted by Crippen LogP contribution is 2.26. The number of rotatable bonds is 7. The lowest BCUT2D eigenvalue weighted by Crippen LogP contribution is -2.00. The van der Waals surface area contributed by atoms with Crippen LogP contribution in [0.25, 0.3) is 17.1 Å². The summed E-state index contributed by atoms with van der Waals surface area (Å²) in [5.74, 6) is 2.69. The summed E-state index contributed by atoms with van der Waals surface area (Å²) in [6, 6.07) is 15.7. The van der Waals surface area contributed by atoms with Crippen LogP contribution in [-0.4, -0.2) is 37.5 Å². The monoisotopic (exact) mass is 408 g/mol. The average molecular weight is 408 g/mol. The van der Waals surface area contributed by atoms with E-state index in [1.54, 1.807) is 11.8 Å². The van der Waals surface area contributed by atoms with Gasteiger partial charge in [0.05, 0.1) is 18.6 Å². The molecule has 8 nitrogen and oxygen atoms in total. The van der Waals surface area contributed by atoms with Crippen molar-refractivity contribution in [1.82, 2.24) is 30.4 Å². The normalized spacial score (nSPS) is 11.2. The van der Waals surface area contributed by atoms with Gasteiger partial charge in [0.2, 0.25) is 16.9 Å². The van der Waals surface area contributed by atoms with Crippen LogP contribution in [0.3, 0.4) is 0 Å². The van der Waals surface area contributed by atoms with Crippen molar-refractivity contribution in [1.29, 1.82) is 0 Å². The molecule has 0 aliphatic carbocycles. The first-order valence-electron chi connectivity index (χ1n) is 9.12. The molecule has 0 amide bonds. The summed E-state index contributed by atoms with van der Waals surface area (Å²) < 4.78 is 12.6. The van der Waals surface area contributed by atoms with Gasteiger partial charge in [0.1, 0.15) is 5.75 Å². The van der Waals surface area contributed by atoms with Gasteiger partial charge in [-0.2, -0.15) is 4.68 Å². The molecule has 0 bridgehead atoms. The van der Waals surface area contributed by atoms with Crippen LogP contribution in [0.5, 0.6) is 5.75 Å². The summed E-state index contributed by atoms with van der Waals surface area (Å²) in [6.45, 7) is 4.33. The number of hydrogen-bond acceptors (Lipinski definition) is 8. The maximum absolute atomic E-state index is 5.77. The molecule has 4 rings (SSSR count). The zero-order valence-electron chi connectivity index (χ0n) is 16.3. The van der Waals surface area contributed by atoms with E-state index in [1.807, 2.05) is 36.4 Å². The number of hydrogen-bond donors (Lipinski definition) is 0. The third-order valence-corrected chi connectivity index (χ3v) is 5.28. The lowest BCUT2D eigenvalue weighted by molar-refractivity contribution is 0.415. The molecule has 29 heavy (non-hydrogen) atoms. The number of nitrogens with zero attached hydrogens (tertiary/aromatic N) is 6. The van der Waals surface area contributed by atoms with Gasteiger partial charge in [0, 0.05) is 5.56 Å². The molecule has 2 heterocycles. The molecule has 9 heteroatoms. The van der Waals surface area contributed by atoms with Crippen LogP contribution >= 0.6 is 11.8 Å². The Morgan fingerprint density at radius 3 is 2.45 bits per heavy atom. The number of thioether (sulfide) groups is 1. The summed E-state index contributed by atoms with van der Waals surface area (Å²) in [5.41, 5.74) is 3.02. The van der Waals surface area contributed by atoms with Crippen molar-refractivity contribution in [3.63, 3.8) is 0 Å². The largest absolute Gasteiger partial charge is 0.497 e. The Labute approximate surface area is 172 Å². The third kappa shape index (κ3) is 4.29. The van der Waals surface area contributed by atoms with Gasteiger partial charge in [0.25, 0.3) is 0 Å². The molecule has 2 aromatic carbocycles. The van der Waals surface area contributed by atoms with Crippen molar-refractivity contribution in [2.75, 3.05) is 7.11 Å². The molecule has 0 spiro atoms. The van der Waals surface area contributed by atoms with Gasteiger partial charge in [0.15, 0.2) is 0 Å². The average Bonchev–Trinajstić information content (AvgIpc) is 3.42. The van der Waals surface area contributed by atoms with E-state index in [0.29, 0.717) is 28.6 Å². The lowest BCUT2D eigenvalue weighted by Gasteiger charge is -2.07. The van der Waals surface area contributed by atoms with E-state index >= 15 is 0 Å². The van der Waals surface area contributed by atoms with E-state index in [0.717, 1.165) is 17.0 Å². The molecule has 0 atom stereocenters. The minimum absolute atomic E-state index is 0.465. The van der Waals surface area contributed by atoms with Crippen LogP contribution in [0.15, 0.2) is 58.1 Å². The molecular weight excluding hydrogens is 388 g/mol. The molecular formula is C20H20N6O2S. The summed E-state index contributed by atoms with van der Waals surface area (Å²) in [5, 5.41) is 20.9. The number of benzene rings is 2. The lowest BCUT2D eigenvalue weighted by atomic mass is 10.0. The van der Waals surface area contributed by atoms with Gasteiger partial charge in [-0.05, 0) is 58.3 Å². The summed E-state index contributed by atoms with van der Waals surface area (Å²) in [4.78, 5) is 0. The number of tetrazole rings is 1. The second kappa shape index (κ2) is 8.44.